The highest BCUT2D eigenvalue weighted by Crippen LogP contribution is 2.15. The number of pyridine rings is 1. The first-order valence-corrected chi connectivity index (χ1v) is 7.95. The highest BCUT2D eigenvalue weighted by molar-refractivity contribution is 5.96. The number of aromatic nitrogens is 3. The van der Waals surface area contributed by atoms with E-state index in [-0.39, 0.29) is 5.91 Å². The molecule has 0 saturated carbocycles. The second-order valence-electron chi connectivity index (χ2n) is 6.77. The maximum absolute atomic E-state index is 12.4. The van der Waals surface area contributed by atoms with Crippen LogP contribution in [0.3, 0.4) is 0 Å². The van der Waals surface area contributed by atoms with Gasteiger partial charge in [-0.15, -0.1) is 0 Å². The van der Waals surface area contributed by atoms with Gasteiger partial charge >= 0.3 is 0 Å². The second-order valence-corrected chi connectivity index (χ2v) is 6.77. The van der Waals surface area contributed by atoms with Crippen LogP contribution < -0.4 is 0 Å². The van der Waals surface area contributed by atoms with Crippen LogP contribution in [-0.2, 0) is 6.54 Å². The molecular weight excluding hydrogens is 276 g/mol. The van der Waals surface area contributed by atoms with Gasteiger partial charge < -0.3 is 4.90 Å². The fourth-order valence-electron chi connectivity index (χ4n) is 2.34. The van der Waals surface area contributed by atoms with E-state index in [1.807, 2.05) is 17.8 Å². The molecular formula is C17H26N4O. The highest BCUT2D eigenvalue weighted by atomic mass is 16.2. The number of carbonyl (C=O) groups is 1. The van der Waals surface area contributed by atoms with E-state index >= 15 is 0 Å². The van der Waals surface area contributed by atoms with Gasteiger partial charge in [0.1, 0.15) is 0 Å². The maximum atomic E-state index is 12.4. The summed E-state index contributed by atoms with van der Waals surface area (Å²) in [6, 6.07) is 1.89. The highest BCUT2D eigenvalue weighted by Gasteiger charge is 2.14. The Morgan fingerprint density at radius 1 is 1.23 bits per heavy atom. The molecule has 0 spiro atoms. The van der Waals surface area contributed by atoms with Crippen LogP contribution in [0.1, 0.15) is 44.5 Å². The second kappa shape index (κ2) is 6.90. The van der Waals surface area contributed by atoms with Gasteiger partial charge in [0.2, 0.25) is 0 Å². The first kappa shape index (κ1) is 16.5. The van der Waals surface area contributed by atoms with Crippen LogP contribution in [0.4, 0.5) is 0 Å². The lowest BCUT2D eigenvalue weighted by molar-refractivity contribution is 0.0789. The first-order chi connectivity index (χ1) is 10.4. The number of hydrogen-bond acceptors (Lipinski definition) is 3. The zero-order valence-corrected chi connectivity index (χ0v) is 14.2. The fourth-order valence-corrected chi connectivity index (χ4v) is 2.34. The summed E-state index contributed by atoms with van der Waals surface area (Å²) in [7, 11) is 1.84. The van der Waals surface area contributed by atoms with Crippen molar-refractivity contribution >= 4 is 16.9 Å². The molecule has 0 saturated heterocycles. The Balaban J connectivity index is 2.17. The summed E-state index contributed by atoms with van der Waals surface area (Å²) in [4.78, 5) is 18.7. The van der Waals surface area contributed by atoms with E-state index < -0.39 is 0 Å². The Morgan fingerprint density at radius 2 is 1.95 bits per heavy atom. The quantitative estimate of drug-likeness (QED) is 0.823. The molecule has 5 nitrogen and oxygen atoms in total. The van der Waals surface area contributed by atoms with Crippen molar-refractivity contribution in [3.8, 4) is 0 Å². The topological polar surface area (TPSA) is 51.0 Å². The number of hydrogen-bond donors (Lipinski definition) is 0. The molecule has 0 unspecified atom stereocenters. The Morgan fingerprint density at radius 3 is 2.59 bits per heavy atom. The monoisotopic (exact) mass is 302 g/mol. The van der Waals surface area contributed by atoms with E-state index in [4.69, 9.17) is 0 Å². The third-order valence-electron chi connectivity index (χ3n) is 3.65. The molecule has 0 bridgehead atoms. The van der Waals surface area contributed by atoms with Gasteiger partial charge in [0, 0.05) is 31.7 Å². The maximum Gasteiger partial charge on any atom is 0.255 e. The molecule has 0 radical (unpaired) electrons. The molecule has 1 amide bonds. The van der Waals surface area contributed by atoms with E-state index in [1.54, 1.807) is 17.3 Å². The Hall–Kier alpha value is -1.91. The van der Waals surface area contributed by atoms with Crippen molar-refractivity contribution in [3.63, 3.8) is 0 Å². The lowest BCUT2D eigenvalue weighted by Crippen LogP contribution is -2.28. The molecule has 0 aromatic carbocycles. The van der Waals surface area contributed by atoms with Crippen LogP contribution in [0.15, 0.2) is 18.5 Å². The standard InChI is InChI=1S/C17H26N4O/c1-12(2)6-7-20(5)17(22)15-8-14-10-19-21(11-13(3)4)16(14)18-9-15/h8-10,12-13H,6-7,11H2,1-5H3. The SMILES string of the molecule is CC(C)CCN(C)C(=O)c1cnc2c(cnn2CC(C)C)c1. The van der Waals surface area contributed by atoms with E-state index in [1.165, 1.54) is 0 Å². The van der Waals surface area contributed by atoms with Crippen LogP contribution in [-0.4, -0.2) is 39.2 Å². The van der Waals surface area contributed by atoms with E-state index in [9.17, 15) is 4.79 Å². The van der Waals surface area contributed by atoms with Crippen molar-refractivity contribution in [1.82, 2.24) is 19.7 Å². The molecule has 0 atom stereocenters. The van der Waals surface area contributed by atoms with Crippen LogP contribution in [0, 0.1) is 11.8 Å². The van der Waals surface area contributed by atoms with Crippen molar-refractivity contribution in [3.05, 3.63) is 24.0 Å². The van der Waals surface area contributed by atoms with Crippen molar-refractivity contribution in [1.29, 1.82) is 0 Å². The zero-order chi connectivity index (χ0) is 16.3. The van der Waals surface area contributed by atoms with Crippen molar-refractivity contribution in [2.45, 2.75) is 40.7 Å². The smallest absolute Gasteiger partial charge is 0.255 e. The summed E-state index contributed by atoms with van der Waals surface area (Å²) in [6.07, 6.45) is 4.45. The normalized spacial score (nSPS) is 11.6. The van der Waals surface area contributed by atoms with Crippen LogP contribution in [0.2, 0.25) is 0 Å². The Labute approximate surface area is 132 Å². The van der Waals surface area contributed by atoms with Gasteiger partial charge in [0.25, 0.3) is 5.91 Å². The van der Waals surface area contributed by atoms with Gasteiger partial charge in [-0.1, -0.05) is 27.7 Å². The minimum absolute atomic E-state index is 0.0201. The molecule has 0 fully saturated rings. The summed E-state index contributed by atoms with van der Waals surface area (Å²) >= 11 is 0. The number of amides is 1. The number of rotatable bonds is 6. The van der Waals surface area contributed by atoms with E-state index in [0.29, 0.717) is 17.4 Å². The van der Waals surface area contributed by atoms with Gasteiger partial charge in [0.05, 0.1) is 11.8 Å². The van der Waals surface area contributed by atoms with Crippen LogP contribution in [0.5, 0.6) is 0 Å². The summed E-state index contributed by atoms with van der Waals surface area (Å²) < 4.78 is 1.90. The largest absolute Gasteiger partial charge is 0.342 e. The predicted molar refractivity (Wildman–Crippen MR) is 88.8 cm³/mol. The van der Waals surface area contributed by atoms with E-state index in [2.05, 4.69) is 37.8 Å². The molecule has 120 valence electrons. The average Bonchev–Trinajstić information content (AvgIpc) is 2.85. The summed E-state index contributed by atoms with van der Waals surface area (Å²) in [5, 5.41) is 5.29. The third kappa shape index (κ3) is 3.84. The predicted octanol–water partition coefficient (Wildman–Crippen LogP) is 3.21. The fraction of sp³-hybridized carbons (Fsp3) is 0.588. The summed E-state index contributed by atoms with van der Waals surface area (Å²) in [5.41, 5.74) is 1.47. The van der Waals surface area contributed by atoms with Crippen LogP contribution in [0.25, 0.3) is 11.0 Å². The lowest BCUT2D eigenvalue weighted by atomic mass is 10.1. The van der Waals surface area contributed by atoms with E-state index in [0.717, 1.165) is 30.5 Å². The Kier molecular flexibility index (Phi) is 5.16. The van der Waals surface area contributed by atoms with Gasteiger partial charge in [-0.3, -0.25) is 4.79 Å². The minimum Gasteiger partial charge on any atom is -0.342 e. The van der Waals surface area contributed by atoms with Gasteiger partial charge in [0.15, 0.2) is 5.65 Å². The minimum atomic E-state index is 0.0201. The molecule has 0 aliphatic rings. The molecule has 5 heteroatoms. The van der Waals surface area contributed by atoms with Gasteiger partial charge in [-0.05, 0) is 24.3 Å². The van der Waals surface area contributed by atoms with Crippen molar-refractivity contribution in [2.24, 2.45) is 11.8 Å². The lowest BCUT2D eigenvalue weighted by Gasteiger charge is -2.18. The molecule has 0 N–H and O–H groups in total. The molecule has 2 aromatic rings. The average molecular weight is 302 g/mol. The zero-order valence-electron chi connectivity index (χ0n) is 14.2. The molecule has 0 aliphatic heterocycles. The molecule has 0 aliphatic carbocycles. The van der Waals surface area contributed by atoms with Crippen molar-refractivity contribution < 1.29 is 4.79 Å². The summed E-state index contributed by atoms with van der Waals surface area (Å²) in [6.45, 7) is 10.2. The number of carbonyl (C=O) groups excluding carboxylic acids is 1. The summed E-state index contributed by atoms with van der Waals surface area (Å²) in [5.74, 6) is 1.12. The van der Waals surface area contributed by atoms with Gasteiger partial charge in [-0.2, -0.15) is 5.10 Å². The van der Waals surface area contributed by atoms with Crippen molar-refractivity contribution in [2.75, 3.05) is 13.6 Å². The number of fused-ring (bicyclic) bond motifs is 1. The molecule has 2 heterocycles. The first-order valence-electron chi connectivity index (χ1n) is 7.95. The van der Waals surface area contributed by atoms with Gasteiger partial charge in [-0.25, -0.2) is 9.67 Å². The molecule has 2 aromatic heterocycles. The molecule has 22 heavy (non-hydrogen) atoms. The molecule has 2 rings (SSSR count). The third-order valence-corrected chi connectivity index (χ3v) is 3.65. The number of nitrogens with zero attached hydrogens (tertiary/aromatic N) is 4. The Bertz CT molecular complexity index is 645. The van der Waals surface area contributed by atoms with Crippen LogP contribution >= 0.6 is 0 Å².